The molecule has 9 heteroatoms. The van der Waals surface area contributed by atoms with Crippen LogP contribution in [0.5, 0.6) is 0 Å². The highest BCUT2D eigenvalue weighted by Gasteiger charge is 2.38. The van der Waals surface area contributed by atoms with E-state index >= 15 is 0 Å². The maximum Gasteiger partial charge on any atom is 0.416 e. The summed E-state index contributed by atoms with van der Waals surface area (Å²) in [5.74, 6) is -1.93. The molecule has 1 atom stereocenters. The lowest BCUT2D eigenvalue weighted by atomic mass is 9.83. The van der Waals surface area contributed by atoms with Crippen LogP contribution in [-0.2, 0) is 25.3 Å². The average Bonchev–Trinajstić information content (AvgIpc) is 2.76. The van der Waals surface area contributed by atoms with Crippen molar-refractivity contribution in [2.45, 2.75) is 51.6 Å². The number of esters is 1. The Morgan fingerprint density at radius 3 is 2.28 bits per heavy atom. The van der Waals surface area contributed by atoms with Crippen molar-refractivity contribution in [1.29, 1.82) is 0 Å². The van der Waals surface area contributed by atoms with E-state index in [2.05, 4.69) is 0 Å². The van der Waals surface area contributed by atoms with Gasteiger partial charge in [-0.25, -0.2) is 4.79 Å². The van der Waals surface area contributed by atoms with Gasteiger partial charge in [0.1, 0.15) is 6.54 Å². The van der Waals surface area contributed by atoms with Crippen LogP contribution in [0.4, 0.5) is 13.2 Å². The van der Waals surface area contributed by atoms with Crippen LogP contribution in [0, 0.1) is 0 Å². The third kappa shape index (κ3) is 5.14. The molecule has 32 heavy (non-hydrogen) atoms. The van der Waals surface area contributed by atoms with Crippen LogP contribution in [0.2, 0.25) is 0 Å². The molecule has 1 saturated heterocycles. The summed E-state index contributed by atoms with van der Waals surface area (Å²) >= 11 is 0. The van der Waals surface area contributed by atoms with Crippen molar-refractivity contribution in [2.75, 3.05) is 26.2 Å². The molecule has 0 saturated carbocycles. The normalized spacial score (nSPS) is 19.9. The van der Waals surface area contributed by atoms with Crippen molar-refractivity contribution >= 4 is 17.8 Å². The Hall–Kier alpha value is -2.84. The molecule has 1 aromatic rings. The monoisotopic (exact) mass is 452 g/mol. The van der Waals surface area contributed by atoms with Gasteiger partial charge in [0.05, 0.1) is 17.7 Å². The minimum Gasteiger partial charge on any atom is -0.463 e. The molecule has 1 unspecified atom stereocenters. The van der Waals surface area contributed by atoms with Crippen LogP contribution >= 0.6 is 0 Å². The number of alkyl halides is 3. The number of amides is 2. The van der Waals surface area contributed by atoms with Gasteiger partial charge in [-0.2, -0.15) is 13.2 Å². The van der Waals surface area contributed by atoms with Gasteiger partial charge in [-0.1, -0.05) is 12.1 Å². The minimum absolute atomic E-state index is 0.107. The molecule has 2 aliphatic heterocycles. The summed E-state index contributed by atoms with van der Waals surface area (Å²) in [6.45, 7) is 4.44. The van der Waals surface area contributed by atoms with Crippen LogP contribution in [0.3, 0.4) is 0 Å². The molecule has 1 fully saturated rings. The summed E-state index contributed by atoms with van der Waals surface area (Å²) in [5, 5.41) is 0. The number of likely N-dealkylation sites (tertiary alicyclic amines) is 1. The number of carbonyl (C=O) groups is 3. The highest BCUT2D eigenvalue weighted by molar-refractivity contribution is 5.97. The summed E-state index contributed by atoms with van der Waals surface area (Å²) in [6.07, 6.45) is -1.73. The van der Waals surface area contributed by atoms with E-state index in [4.69, 9.17) is 4.74 Å². The van der Waals surface area contributed by atoms with Crippen molar-refractivity contribution in [3.8, 4) is 0 Å². The molecular formula is C23H27F3N2O4. The summed E-state index contributed by atoms with van der Waals surface area (Å²) in [4.78, 5) is 41.5. The molecule has 2 amide bonds. The van der Waals surface area contributed by atoms with Crippen molar-refractivity contribution in [2.24, 2.45) is 0 Å². The lowest BCUT2D eigenvalue weighted by Crippen LogP contribution is -2.46. The summed E-state index contributed by atoms with van der Waals surface area (Å²) in [5.41, 5.74) is 0.0962. The van der Waals surface area contributed by atoms with Crippen LogP contribution in [0.15, 0.2) is 35.5 Å². The number of allylic oxidation sites excluding steroid dienone is 1. The average molecular weight is 452 g/mol. The van der Waals surface area contributed by atoms with Crippen LogP contribution in [-0.4, -0.2) is 53.8 Å². The number of halogens is 3. The molecule has 0 spiro atoms. The maximum absolute atomic E-state index is 12.9. The Morgan fingerprint density at radius 1 is 1.09 bits per heavy atom. The van der Waals surface area contributed by atoms with Gasteiger partial charge in [0, 0.05) is 31.1 Å². The number of ether oxygens (including phenoxy) is 1. The zero-order chi connectivity index (χ0) is 23.5. The second-order valence-corrected chi connectivity index (χ2v) is 8.02. The van der Waals surface area contributed by atoms with Crippen LogP contribution in [0.1, 0.15) is 56.6 Å². The molecule has 1 aromatic carbocycles. The zero-order valence-corrected chi connectivity index (χ0v) is 18.2. The Morgan fingerprint density at radius 2 is 1.72 bits per heavy atom. The highest BCUT2D eigenvalue weighted by Crippen LogP contribution is 2.38. The fraction of sp³-hybridized carbons (Fsp3) is 0.522. The van der Waals surface area contributed by atoms with Gasteiger partial charge < -0.3 is 14.5 Å². The fourth-order valence-electron chi connectivity index (χ4n) is 4.24. The van der Waals surface area contributed by atoms with E-state index in [0.29, 0.717) is 24.4 Å². The smallest absolute Gasteiger partial charge is 0.416 e. The van der Waals surface area contributed by atoms with E-state index in [0.717, 1.165) is 31.4 Å². The fourth-order valence-corrected chi connectivity index (χ4v) is 4.24. The summed E-state index contributed by atoms with van der Waals surface area (Å²) < 4.78 is 44.0. The molecule has 0 aromatic heterocycles. The van der Waals surface area contributed by atoms with Gasteiger partial charge in [0.25, 0.3) is 0 Å². The topological polar surface area (TPSA) is 66.9 Å². The number of piperidine rings is 1. The SMILES string of the molecule is CCOC(=O)C1=C(C)N(CC(=O)N2CCCCC2)C(=O)CC1c1ccc(C(F)(F)F)cc1. The van der Waals surface area contributed by atoms with Gasteiger partial charge in [-0.05, 0) is 50.8 Å². The van der Waals surface area contributed by atoms with E-state index in [1.807, 2.05) is 0 Å². The molecule has 0 bridgehead atoms. The van der Waals surface area contributed by atoms with Gasteiger partial charge in [-0.3, -0.25) is 9.59 Å². The second kappa shape index (κ2) is 9.75. The molecule has 174 valence electrons. The number of hydrogen-bond acceptors (Lipinski definition) is 4. The quantitative estimate of drug-likeness (QED) is 0.636. The number of rotatable bonds is 5. The predicted octanol–water partition coefficient (Wildman–Crippen LogP) is 3.87. The molecule has 0 aliphatic carbocycles. The van der Waals surface area contributed by atoms with E-state index in [1.54, 1.807) is 18.7 Å². The molecular weight excluding hydrogens is 425 g/mol. The molecule has 3 rings (SSSR count). The van der Waals surface area contributed by atoms with Gasteiger partial charge in [0.15, 0.2) is 0 Å². The zero-order valence-electron chi connectivity index (χ0n) is 18.2. The first-order valence-corrected chi connectivity index (χ1v) is 10.8. The Labute approximate surface area is 185 Å². The first kappa shape index (κ1) is 23.8. The minimum atomic E-state index is -4.48. The van der Waals surface area contributed by atoms with Crippen LogP contribution < -0.4 is 0 Å². The lowest BCUT2D eigenvalue weighted by molar-refractivity contribution is -0.143. The highest BCUT2D eigenvalue weighted by atomic mass is 19.4. The summed E-state index contributed by atoms with van der Waals surface area (Å²) in [6, 6.07) is 4.43. The third-order valence-electron chi connectivity index (χ3n) is 5.96. The third-order valence-corrected chi connectivity index (χ3v) is 5.96. The molecule has 2 aliphatic rings. The molecule has 2 heterocycles. The molecule has 0 N–H and O–H groups in total. The van der Waals surface area contributed by atoms with Crippen molar-refractivity contribution in [1.82, 2.24) is 9.80 Å². The number of nitrogens with zero attached hydrogens (tertiary/aromatic N) is 2. The Bertz CT molecular complexity index is 903. The van der Waals surface area contributed by atoms with Gasteiger partial charge in [0.2, 0.25) is 11.8 Å². The predicted molar refractivity (Wildman–Crippen MR) is 110 cm³/mol. The van der Waals surface area contributed by atoms with Gasteiger partial charge >= 0.3 is 12.1 Å². The molecule has 6 nitrogen and oxygen atoms in total. The largest absolute Gasteiger partial charge is 0.463 e. The van der Waals surface area contributed by atoms with E-state index in [1.165, 1.54) is 17.0 Å². The standard InChI is InChI=1S/C23H27F3N2O4/c1-3-32-22(31)21-15(2)28(14-20(30)27-11-5-4-6-12-27)19(29)13-18(21)16-7-9-17(10-8-16)23(24,25)26/h7-10,18H,3-6,11-14H2,1-2H3. The van der Waals surface area contributed by atoms with E-state index < -0.39 is 23.6 Å². The second-order valence-electron chi connectivity index (χ2n) is 8.02. The van der Waals surface area contributed by atoms with Crippen molar-refractivity contribution in [3.05, 3.63) is 46.7 Å². The summed E-state index contributed by atoms with van der Waals surface area (Å²) in [7, 11) is 0. The Kier molecular flexibility index (Phi) is 7.26. The first-order valence-electron chi connectivity index (χ1n) is 10.8. The van der Waals surface area contributed by atoms with E-state index in [9.17, 15) is 27.6 Å². The lowest BCUT2D eigenvalue weighted by Gasteiger charge is -2.36. The van der Waals surface area contributed by atoms with Crippen LogP contribution in [0.25, 0.3) is 0 Å². The maximum atomic E-state index is 12.9. The van der Waals surface area contributed by atoms with Crippen molar-refractivity contribution < 1.29 is 32.3 Å². The molecule has 0 radical (unpaired) electrons. The van der Waals surface area contributed by atoms with E-state index in [-0.39, 0.29) is 37.0 Å². The Balaban J connectivity index is 1.92. The van der Waals surface area contributed by atoms with Crippen molar-refractivity contribution in [3.63, 3.8) is 0 Å². The number of carbonyl (C=O) groups excluding carboxylic acids is 3. The number of benzene rings is 1. The first-order chi connectivity index (χ1) is 15.1. The van der Waals surface area contributed by atoms with Gasteiger partial charge in [-0.15, -0.1) is 0 Å². The number of hydrogen-bond donors (Lipinski definition) is 0.